The van der Waals surface area contributed by atoms with Crippen molar-refractivity contribution in [3.8, 4) is 0 Å². The minimum Gasteiger partial charge on any atom is -0.444 e. The molecule has 130 valence electrons. The molecule has 0 saturated carbocycles. The third kappa shape index (κ3) is 4.80. The first-order chi connectivity index (χ1) is 11.3. The molecule has 1 aromatic rings. The second-order valence-electron chi connectivity index (χ2n) is 6.72. The van der Waals surface area contributed by atoms with Crippen molar-refractivity contribution < 1.29 is 18.7 Å². The van der Waals surface area contributed by atoms with Crippen LogP contribution in [0.3, 0.4) is 0 Å². The van der Waals surface area contributed by atoms with Crippen LogP contribution < -0.4 is 10.2 Å². The van der Waals surface area contributed by atoms with Gasteiger partial charge < -0.3 is 15.0 Å². The van der Waals surface area contributed by atoms with Crippen LogP contribution >= 0.6 is 0 Å². The smallest absolute Gasteiger partial charge is 0.407 e. The summed E-state index contributed by atoms with van der Waals surface area (Å²) >= 11 is 0. The van der Waals surface area contributed by atoms with Gasteiger partial charge in [-0.15, -0.1) is 0 Å². The van der Waals surface area contributed by atoms with E-state index in [1.54, 1.807) is 12.1 Å². The second-order valence-corrected chi connectivity index (χ2v) is 6.72. The molecule has 0 unspecified atom stereocenters. The summed E-state index contributed by atoms with van der Waals surface area (Å²) in [5.74, 6) is -0.551. The van der Waals surface area contributed by atoms with E-state index in [9.17, 15) is 14.0 Å². The van der Waals surface area contributed by atoms with Crippen LogP contribution in [0.4, 0.5) is 20.6 Å². The molecule has 0 radical (unpaired) electrons. The number of rotatable bonds is 3. The fourth-order valence-corrected chi connectivity index (χ4v) is 2.65. The Balaban J connectivity index is 1.97. The van der Waals surface area contributed by atoms with Gasteiger partial charge in [0, 0.05) is 19.1 Å². The Kier molecular flexibility index (Phi) is 5.57. The zero-order chi connectivity index (χ0) is 17.7. The molecule has 1 heterocycles. The molecule has 1 aliphatic rings. The number of carbonyl (C=O) groups excluding carboxylic acids is 2. The first-order valence-corrected chi connectivity index (χ1v) is 7.91. The predicted molar refractivity (Wildman–Crippen MR) is 88.8 cm³/mol. The Morgan fingerprint density at radius 2 is 2.04 bits per heavy atom. The Morgan fingerprint density at radius 1 is 1.38 bits per heavy atom. The normalized spacial score (nSPS) is 15.6. The fraction of sp³-hybridized carbons (Fsp3) is 0.529. The van der Waals surface area contributed by atoms with E-state index in [4.69, 9.17) is 4.74 Å². The number of isocyanates is 1. The molecule has 24 heavy (non-hydrogen) atoms. The van der Waals surface area contributed by atoms with E-state index in [-0.39, 0.29) is 11.7 Å². The maximum atomic E-state index is 13.8. The van der Waals surface area contributed by atoms with Crippen LogP contribution in [-0.4, -0.2) is 36.9 Å². The van der Waals surface area contributed by atoms with E-state index >= 15 is 0 Å². The summed E-state index contributed by atoms with van der Waals surface area (Å²) in [5, 5.41) is 2.85. The molecule has 1 amide bonds. The molecular weight excluding hydrogens is 313 g/mol. The highest BCUT2D eigenvalue weighted by molar-refractivity contribution is 5.71. The fourth-order valence-electron chi connectivity index (χ4n) is 2.65. The Bertz CT molecular complexity index is 643. The molecule has 0 aromatic heterocycles. The number of aliphatic imine (C=N–C) groups is 1. The minimum atomic E-state index is -0.551. The number of nitrogens with one attached hydrogen (secondary N) is 1. The van der Waals surface area contributed by atoms with Gasteiger partial charge in [-0.1, -0.05) is 6.07 Å². The minimum absolute atomic E-state index is 0.00248. The van der Waals surface area contributed by atoms with Gasteiger partial charge in [0.2, 0.25) is 6.08 Å². The van der Waals surface area contributed by atoms with Gasteiger partial charge in [-0.2, -0.15) is 4.99 Å². The molecule has 1 aliphatic heterocycles. The van der Waals surface area contributed by atoms with Crippen LogP contribution in [-0.2, 0) is 9.53 Å². The summed E-state index contributed by atoms with van der Waals surface area (Å²) in [6.07, 6.45) is 2.35. The molecular formula is C17H22FN3O3. The molecule has 0 bridgehead atoms. The largest absolute Gasteiger partial charge is 0.444 e. The van der Waals surface area contributed by atoms with Gasteiger partial charge in [0.05, 0.1) is 5.69 Å². The highest BCUT2D eigenvalue weighted by Gasteiger charge is 2.25. The number of para-hydroxylation sites is 1. The van der Waals surface area contributed by atoms with E-state index < -0.39 is 17.5 Å². The number of carbonyl (C=O) groups is 1. The van der Waals surface area contributed by atoms with E-state index in [0.29, 0.717) is 31.6 Å². The number of benzene rings is 1. The van der Waals surface area contributed by atoms with Crippen molar-refractivity contribution in [3.63, 3.8) is 0 Å². The predicted octanol–water partition coefficient (Wildman–Crippen LogP) is 3.29. The van der Waals surface area contributed by atoms with Crippen molar-refractivity contribution in [2.45, 2.75) is 45.3 Å². The number of amides is 1. The summed E-state index contributed by atoms with van der Waals surface area (Å²) < 4.78 is 19.1. The van der Waals surface area contributed by atoms with Crippen molar-refractivity contribution in [1.29, 1.82) is 0 Å². The van der Waals surface area contributed by atoms with Crippen LogP contribution in [0.25, 0.3) is 0 Å². The number of hydrogen-bond acceptors (Lipinski definition) is 5. The molecule has 1 N–H and O–H groups in total. The van der Waals surface area contributed by atoms with Gasteiger partial charge in [-0.25, -0.2) is 14.0 Å². The van der Waals surface area contributed by atoms with Gasteiger partial charge in [0.1, 0.15) is 11.3 Å². The number of alkyl carbamates (subject to hydrolysis) is 1. The molecule has 7 heteroatoms. The second kappa shape index (κ2) is 7.45. The number of hydrogen-bond donors (Lipinski definition) is 1. The van der Waals surface area contributed by atoms with Crippen molar-refractivity contribution in [3.05, 3.63) is 24.0 Å². The van der Waals surface area contributed by atoms with Gasteiger partial charge in [0.15, 0.2) is 5.82 Å². The van der Waals surface area contributed by atoms with Gasteiger partial charge in [-0.3, -0.25) is 0 Å². The Labute approximate surface area is 140 Å². The van der Waals surface area contributed by atoms with Crippen molar-refractivity contribution >= 4 is 23.5 Å². The molecule has 1 saturated heterocycles. The third-order valence-corrected chi connectivity index (χ3v) is 3.68. The quantitative estimate of drug-likeness (QED) is 0.680. The lowest BCUT2D eigenvalue weighted by Crippen LogP contribution is -2.46. The lowest BCUT2D eigenvalue weighted by molar-refractivity contribution is 0.0497. The van der Waals surface area contributed by atoms with Crippen LogP contribution in [0.1, 0.15) is 33.6 Å². The highest BCUT2D eigenvalue weighted by Crippen LogP contribution is 2.32. The van der Waals surface area contributed by atoms with Crippen LogP contribution in [0.15, 0.2) is 23.2 Å². The molecule has 1 aromatic carbocycles. The molecule has 1 fully saturated rings. The first-order valence-electron chi connectivity index (χ1n) is 7.91. The van der Waals surface area contributed by atoms with Crippen LogP contribution in [0.2, 0.25) is 0 Å². The summed E-state index contributed by atoms with van der Waals surface area (Å²) in [4.78, 5) is 27.7. The first kappa shape index (κ1) is 17.9. The summed E-state index contributed by atoms with van der Waals surface area (Å²) in [6.45, 7) is 6.67. The number of anilines is 1. The molecule has 0 atom stereocenters. The lowest BCUT2D eigenvalue weighted by atomic mass is 10.0. The Morgan fingerprint density at radius 3 is 2.62 bits per heavy atom. The van der Waals surface area contributed by atoms with E-state index in [2.05, 4.69) is 10.3 Å². The lowest BCUT2D eigenvalue weighted by Gasteiger charge is -2.34. The Hall–Kier alpha value is -2.40. The zero-order valence-corrected chi connectivity index (χ0v) is 14.1. The van der Waals surface area contributed by atoms with Crippen molar-refractivity contribution in [2.24, 2.45) is 4.99 Å². The topological polar surface area (TPSA) is 71.0 Å². The number of piperidine rings is 1. The molecule has 6 nitrogen and oxygen atoms in total. The van der Waals surface area contributed by atoms with Crippen LogP contribution in [0.5, 0.6) is 0 Å². The maximum absolute atomic E-state index is 13.8. The summed E-state index contributed by atoms with van der Waals surface area (Å²) in [7, 11) is 0. The third-order valence-electron chi connectivity index (χ3n) is 3.68. The SMILES string of the molecule is CC(C)(C)OC(=O)NC1CCN(c2cccc(F)c2N=C=O)CC1. The molecule has 0 aliphatic carbocycles. The van der Waals surface area contributed by atoms with Crippen LogP contribution in [0, 0.1) is 5.82 Å². The maximum Gasteiger partial charge on any atom is 0.407 e. The van der Waals surface area contributed by atoms with E-state index in [1.165, 1.54) is 12.1 Å². The summed E-state index contributed by atoms with van der Waals surface area (Å²) in [5.41, 5.74) is 0.0359. The van der Waals surface area contributed by atoms with E-state index in [0.717, 1.165) is 0 Å². The van der Waals surface area contributed by atoms with Crippen molar-refractivity contribution in [2.75, 3.05) is 18.0 Å². The molecule has 2 rings (SSSR count). The zero-order valence-electron chi connectivity index (χ0n) is 14.1. The standard InChI is InChI=1S/C17H22FN3O3/c1-17(2,3)24-16(23)20-12-7-9-21(10-8-12)14-6-4-5-13(18)15(14)19-11-22/h4-6,12H,7-10H2,1-3H3,(H,20,23). The van der Waals surface area contributed by atoms with Crippen molar-refractivity contribution in [1.82, 2.24) is 5.32 Å². The highest BCUT2D eigenvalue weighted by atomic mass is 19.1. The number of ether oxygens (including phenoxy) is 1. The average molecular weight is 335 g/mol. The van der Waals surface area contributed by atoms with Gasteiger partial charge in [0.25, 0.3) is 0 Å². The average Bonchev–Trinajstić information content (AvgIpc) is 2.48. The van der Waals surface area contributed by atoms with Gasteiger partial charge >= 0.3 is 6.09 Å². The summed E-state index contributed by atoms with van der Waals surface area (Å²) in [6, 6.07) is 4.57. The van der Waals surface area contributed by atoms with Gasteiger partial charge in [-0.05, 0) is 45.7 Å². The monoisotopic (exact) mass is 335 g/mol. The van der Waals surface area contributed by atoms with E-state index in [1.807, 2.05) is 25.7 Å². The molecule has 0 spiro atoms. The number of nitrogens with zero attached hydrogens (tertiary/aromatic N) is 2. The number of halogens is 1.